The minimum atomic E-state index is 0.778. The zero-order chi connectivity index (χ0) is 14.4. The van der Waals surface area contributed by atoms with Crippen molar-refractivity contribution in [2.24, 2.45) is 4.99 Å². The van der Waals surface area contributed by atoms with Gasteiger partial charge in [0.15, 0.2) is 5.96 Å². The molecule has 0 unspecified atom stereocenters. The summed E-state index contributed by atoms with van der Waals surface area (Å²) in [5.74, 6) is 0.817. The van der Waals surface area contributed by atoms with Crippen LogP contribution in [-0.4, -0.2) is 13.0 Å². The number of guanidine groups is 1. The van der Waals surface area contributed by atoms with Gasteiger partial charge >= 0.3 is 0 Å². The van der Waals surface area contributed by atoms with Gasteiger partial charge in [-0.3, -0.25) is 4.99 Å². The van der Waals surface area contributed by atoms with Crippen molar-refractivity contribution >= 4 is 33.2 Å². The van der Waals surface area contributed by atoms with Crippen LogP contribution in [0.2, 0.25) is 0 Å². The van der Waals surface area contributed by atoms with Crippen molar-refractivity contribution in [2.45, 2.75) is 20.0 Å². The van der Waals surface area contributed by atoms with Gasteiger partial charge in [0, 0.05) is 28.3 Å². The van der Waals surface area contributed by atoms with Crippen LogP contribution in [0.15, 0.2) is 45.2 Å². The minimum Gasteiger partial charge on any atom is -0.352 e. The lowest BCUT2D eigenvalue weighted by Crippen LogP contribution is -2.36. The largest absolute Gasteiger partial charge is 0.352 e. The van der Waals surface area contributed by atoms with Crippen LogP contribution < -0.4 is 10.6 Å². The monoisotopic (exact) mass is 351 g/mol. The van der Waals surface area contributed by atoms with E-state index in [0.29, 0.717) is 0 Å². The number of aryl methyl sites for hydroxylation is 1. The average molecular weight is 352 g/mol. The van der Waals surface area contributed by atoms with Gasteiger partial charge in [-0.2, -0.15) is 0 Å². The number of nitrogens with one attached hydrogen (secondary N) is 2. The molecule has 0 atom stereocenters. The first-order chi connectivity index (χ1) is 9.69. The molecule has 20 heavy (non-hydrogen) atoms. The molecule has 0 spiro atoms. The van der Waals surface area contributed by atoms with E-state index in [4.69, 9.17) is 0 Å². The second-order valence-corrected chi connectivity index (χ2v) is 6.35. The molecule has 5 heteroatoms. The van der Waals surface area contributed by atoms with Crippen LogP contribution in [0.1, 0.15) is 16.0 Å². The molecule has 0 saturated carbocycles. The van der Waals surface area contributed by atoms with Gasteiger partial charge in [0.05, 0.1) is 6.54 Å². The molecule has 2 rings (SSSR count). The first kappa shape index (κ1) is 15.1. The Kier molecular flexibility index (Phi) is 5.61. The first-order valence-electron chi connectivity index (χ1n) is 6.41. The molecule has 2 aromatic rings. The average Bonchev–Trinajstić information content (AvgIpc) is 2.86. The van der Waals surface area contributed by atoms with Crippen molar-refractivity contribution in [3.05, 3.63) is 56.2 Å². The van der Waals surface area contributed by atoms with Gasteiger partial charge in [-0.1, -0.05) is 24.3 Å². The Bertz CT molecular complexity index is 592. The number of rotatable bonds is 4. The van der Waals surface area contributed by atoms with Crippen LogP contribution in [0.25, 0.3) is 0 Å². The summed E-state index contributed by atoms with van der Waals surface area (Å²) >= 11 is 5.19. The van der Waals surface area contributed by atoms with Gasteiger partial charge in [-0.25, -0.2) is 0 Å². The molecular weight excluding hydrogens is 334 g/mol. The van der Waals surface area contributed by atoms with E-state index in [1.165, 1.54) is 16.0 Å². The summed E-state index contributed by atoms with van der Waals surface area (Å²) < 4.78 is 1.13. The number of aliphatic imine (C=N–C) groups is 1. The first-order valence-corrected chi connectivity index (χ1v) is 8.08. The Balaban J connectivity index is 1.85. The Labute approximate surface area is 132 Å². The summed E-state index contributed by atoms with van der Waals surface area (Å²) in [6.45, 7) is 3.68. The van der Waals surface area contributed by atoms with Crippen LogP contribution in [-0.2, 0) is 13.1 Å². The molecule has 106 valence electrons. The van der Waals surface area contributed by atoms with Crippen molar-refractivity contribution in [1.82, 2.24) is 10.6 Å². The van der Waals surface area contributed by atoms with Crippen LogP contribution in [0.4, 0.5) is 0 Å². The zero-order valence-corrected chi connectivity index (χ0v) is 14.0. The number of thiophene rings is 1. The number of halogens is 1. The predicted molar refractivity (Wildman–Crippen MR) is 90.2 cm³/mol. The molecular formula is C15H18BrN3S. The van der Waals surface area contributed by atoms with Gasteiger partial charge in [-0.05, 0) is 40.0 Å². The molecule has 0 amide bonds. The van der Waals surface area contributed by atoms with E-state index in [-0.39, 0.29) is 0 Å². The highest BCUT2D eigenvalue weighted by Gasteiger charge is 2.02. The smallest absolute Gasteiger partial charge is 0.191 e. The number of benzene rings is 1. The molecule has 0 saturated heterocycles. The summed E-state index contributed by atoms with van der Waals surface area (Å²) in [5, 5.41) is 8.74. The molecule has 0 aliphatic heterocycles. The number of hydrogen-bond donors (Lipinski definition) is 2. The van der Waals surface area contributed by atoms with E-state index in [1.807, 2.05) is 0 Å². The normalized spacial score (nSPS) is 11.4. The second kappa shape index (κ2) is 7.45. The molecule has 0 aliphatic carbocycles. The van der Waals surface area contributed by atoms with Crippen molar-refractivity contribution in [3.8, 4) is 0 Å². The molecule has 1 heterocycles. The summed E-state index contributed by atoms with van der Waals surface area (Å²) in [6.07, 6.45) is 0. The van der Waals surface area contributed by atoms with Crippen molar-refractivity contribution in [2.75, 3.05) is 7.05 Å². The van der Waals surface area contributed by atoms with Crippen molar-refractivity contribution < 1.29 is 0 Å². The topological polar surface area (TPSA) is 36.4 Å². The fourth-order valence-corrected chi connectivity index (χ4v) is 3.22. The van der Waals surface area contributed by atoms with E-state index in [2.05, 4.69) is 74.2 Å². The molecule has 1 aromatic heterocycles. The summed E-state index contributed by atoms with van der Waals surface area (Å²) in [5.41, 5.74) is 2.58. The standard InChI is InChI=1S/C15H18BrN3S/c1-11-5-3-4-6-12(11)8-18-15(17-2)19-9-14-7-13(16)10-20-14/h3-7,10H,8-9H2,1-2H3,(H2,17,18,19). The number of nitrogens with zero attached hydrogens (tertiary/aromatic N) is 1. The molecule has 0 fully saturated rings. The Hall–Kier alpha value is -1.33. The van der Waals surface area contributed by atoms with Crippen LogP contribution in [0.3, 0.4) is 0 Å². The molecule has 0 radical (unpaired) electrons. The Morgan fingerprint density at radius 2 is 2.00 bits per heavy atom. The fraction of sp³-hybridized carbons (Fsp3) is 0.267. The van der Waals surface area contributed by atoms with E-state index in [1.54, 1.807) is 18.4 Å². The van der Waals surface area contributed by atoms with Gasteiger partial charge in [0.1, 0.15) is 0 Å². The number of hydrogen-bond acceptors (Lipinski definition) is 2. The Morgan fingerprint density at radius 1 is 1.25 bits per heavy atom. The highest BCUT2D eigenvalue weighted by molar-refractivity contribution is 9.10. The summed E-state index contributed by atoms with van der Waals surface area (Å²) in [6, 6.07) is 10.5. The molecule has 0 aliphatic rings. The molecule has 3 nitrogen and oxygen atoms in total. The van der Waals surface area contributed by atoms with Gasteiger partial charge in [0.2, 0.25) is 0 Å². The lowest BCUT2D eigenvalue weighted by molar-refractivity contribution is 0.812. The predicted octanol–water partition coefficient (Wildman–Crippen LogP) is 3.68. The molecule has 2 N–H and O–H groups in total. The van der Waals surface area contributed by atoms with Gasteiger partial charge < -0.3 is 10.6 Å². The van der Waals surface area contributed by atoms with E-state index >= 15 is 0 Å². The molecule has 1 aromatic carbocycles. The van der Waals surface area contributed by atoms with Crippen LogP contribution in [0, 0.1) is 6.92 Å². The minimum absolute atomic E-state index is 0.778. The van der Waals surface area contributed by atoms with Crippen molar-refractivity contribution in [1.29, 1.82) is 0 Å². The highest BCUT2D eigenvalue weighted by Crippen LogP contribution is 2.19. The third kappa shape index (κ3) is 4.35. The van der Waals surface area contributed by atoms with E-state index in [0.717, 1.165) is 23.5 Å². The molecule has 0 bridgehead atoms. The fourth-order valence-electron chi connectivity index (χ4n) is 1.83. The Morgan fingerprint density at radius 3 is 2.65 bits per heavy atom. The van der Waals surface area contributed by atoms with Gasteiger partial charge in [0.25, 0.3) is 0 Å². The SMILES string of the molecule is CN=C(NCc1cc(Br)cs1)NCc1ccccc1C. The lowest BCUT2D eigenvalue weighted by Gasteiger charge is -2.12. The summed E-state index contributed by atoms with van der Waals surface area (Å²) in [7, 11) is 1.79. The lowest BCUT2D eigenvalue weighted by atomic mass is 10.1. The summed E-state index contributed by atoms with van der Waals surface area (Å²) in [4.78, 5) is 5.52. The van der Waals surface area contributed by atoms with E-state index < -0.39 is 0 Å². The maximum absolute atomic E-state index is 4.24. The third-order valence-corrected chi connectivity index (χ3v) is 4.68. The zero-order valence-electron chi connectivity index (χ0n) is 11.6. The maximum atomic E-state index is 4.24. The van der Waals surface area contributed by atoms with Crippen LogP contribution in [0.5, 0.6) is 0 Å². The quantitative estimate of drug-likeness (QED) is 0.651. The van der Waals surface area contributed by atoms with E-state index in [9.17, 15) is 0 Å². The van der Waals surface area contributed by atoms with Gasteiger partial charge in [-0.15, -0.1) is 11.3 Å². The second-order valence-electron chi connectivity index (χ2n) is 4.44. The third-order valence-electron chi connectivity index (χ3n) is 2.98. The highest BCUT2D eigenvalue weighted by atomic mass is 79.9. The van der Waals surface area contributed by atoms with Crippen LogP contribution >= 0.6 is 27.3 Å². The maximum Gasteiger partial charge on any atom is 0.191 e. The van der Waals surface area contributed by atoms with Crippen molar-refractivity contribution in [3.63, 3.8) is 0 Å².